The molecule has 1 amide bonds. The van der Waals surface area contributed by atoms with E-state index in [9.17, 15) is 4.79 Å². The number of nitrogens with zero attached hydrogens (tertiary/aromatic N) is 2. The molecule has 0 aromatic carbocycles. The smallest absolute Gasteiger partial charge is 0.265 e. The van der Waals surface area contributed by atoms with Crippen LogP contribution in [-0.2, 0) is 5.54 Å². The average Bonchev–Trinajstić information content (AvgIpc) is 2.94. The highest BCUT2D eigenvalue weighted by Crippen LogP contribution is 2.35. The SMILES string of the molecule is C[C@@]1(c2cncc(NC(=O)c3cc(Br)cs3)c2)CCSC(N)=N1. The van der Waals surface area contributed by atoms with E-state index in [1.807, 2.05) is 18.4 Å². The molecule has 0 spiro atoms. The van der Waals surface area contributed by atoms with Crippen molar-refractivity contribution in [2.75, 3.05) is 11.1 Å². The van der Waals surface area contributed by atoms with Crippen LogP contribution in [0, 0.1) is 0 Å². The Labute approximate surface area is 150 Å². The fourth-order valence-corrected chi connectivity index (χ4v) is 4.62. The van der Waals surface area contributed by atoms with E-state index in [0.717, 1.165) is 22.2 Å². The first-order chi connectivity index (χ1) is 11.0. The van der Waals surface area contributed by atoms with Gasteiger partial charge in [0, 0.05) is 21.8 Å². The molecule has 0 aliphatic carbocycles. The maximum Gasteiger partial charge on any atom is 0.265 e. The molecule has 23 heavy (non-hydrogen) atoms. The number of carbonyl (C=O) groups is 1. The summed E-state index contributed by atoms with van der Waals surface area (Å²) in [5.74, 6) is 0.776. The topological polar surface area (TPSA) is 80.4 Å². The Morgan fingerprint density at radius 2 is 2.26 bits per heavy atom. The molecule has 5 nitrogen and oxygen atoms in total. The number of amides is 1. The molecule has 8 heteroatoms. The van der Waals surface area contributed by atoms with E-state index >= 15 is 0 Å². The van der Waals surface area contributed by atoms with Crippen molar-refractivity contribution in [3.8, 4) is 0 Å². The van der Waals surface area contributed by atoms with Crippen molar-refractivity contribution in [2.24, 2.45) is 10.7 Å². The van der Waals surface area contributed by atoms with Crippen LogP contribution >= 0.6 is 39.0 Å². The van der Waals surface area contributed by atoms with Crippen molar-refractivity contribution in [3.63, 3.8) is 0 Å². The monoisotopic (exact) mass is 410 g/mol. The number of nitrogens with one attached hydrogen (secondary N) is 1. The van der Waals surface area contributed by atoms with Gasteiger partial charge in [0.25, 0.3) is 5.91 Å². The molecule has 3 N–H and O–H groups in total. The Kier molecular flexibility index (Phi) is 4.74. The first-order valence-corrected chi connectivity index (χ1v) is 9.61. The van der Waals surface area contributed by atoms with Gasteiger partial charge in [-0.2, -0.15) is 0 Å². The lowest BCUT2D eigenvalue weighted by molar-refractivity contribution is 0.103. The Hall–Kier alpha value is -1.38. The first kappa shape index (κ1) is 16.5. The second-order valence-electron chi connectivity index (χ2n) is 5.37. The number of anilines is 1. The molecule has 0 saturated carbocycles. The summed E-state index contributed by atoms with van der Waals surface area (Å²) in [4.78, 5) is 21.7. The van der Waals surface area contributed by atoms with Crippen LogP contribution < -0.4 is 11.1 Å². The van der Waals surface area contributed by atoms with Crippen LogP contribution in [0.1, 0.15) is 28.6 Å². The van der Waals surface area contributed by atoms with Crippen LogP contribution in [-0.4, -0.2) is 21.8 Å². The second kappa shape index (κ2) is 6.62. The van der Waals surface area contributed by atoms with Crippen LogP contribution in [0.5, 0.6) is 0 Å². The van der Waals surface area contributed by atoms with Gasteiger partial charge in [0.2, 0.25) is 0 Å². The van der Waals surface area contributed by atoms with E-state index in [1.54, 1.807) is 30.2 Å². The Morgan fingerprint density at radius 1 is 1.43 bits per heavy atom. The van der Waals surface area contributed by atoms with Crippen LogP contribution in [0.3, 0.4) is 0 Å². The minimum atomic E-state index is -0.394. The maximum atomic E-state index is 12.2. The number of pyridine rings is 1. The molecule has 2 aromatic heterocycles. The maximum absolute atomic E-state index is 12.2. The van der Waals surface area contributed by atoms with Gasteiger partial charge in [-0.15, -0.1) is 11.3 Å². The van der Waals surface area contributed by atoms with Gasteiger partial charge in [-0.1, -0.05) is 11.8 Å². The minimum absolute atomic E-state index is 0.146. The first-order valence-electron chi connectivity index (χ1n) is 6.95. The molecule has 3 heterocycles. The molecule has 0 radical (unpaired) electrons. The summed E-state index contributed by atoms with van der Waals surface area (Å²) in [6.45, 7) is 2.04. The second-order valence-corrected chi connectivity index (χ2v) is 8.31. The van der Waals surface area contributed by atoms with Crippen LogP contribution in [0.25, 0.3) is 0 Å². The van der Waals surface area contributed by atoms with Gasteiger partial charge in [-0.25, -0.2) is 0 Å². The lowest BCUT2D eigenvalue weighted by atomic mass is 9.91. The van der Waals surface area contributed by atoms with Gasteiger partial charge in [0.05, 0.1) is 22.3 Å². The lowest BCUT2D eigenvalue weighted by Crippen LogP contribution is -2.29. The number of thiophene rings is 1. The number of aliphatic imine (C=N–C) groups is 1. The van der Waals surface area contributed by atoms with Crippen LogP contribution in [0.4, 0.5) is 5.69 Å². The summed E-state index contributed by atoms with van der Waals surface area (Å²) in [6, 6.07) is 3.71. The number of thioether (sulfide) groups is 1. The van der Waals surface area contributed by atoms with E-state index in [-0.39, 0.29) is 5.91 Å². The lowest BCUT2D eigenvalue weighted by Gasteiger charge is -2.29. The largest absolute Gasteiger partial charge is 0.379 e. The van der Waals surface area contributed by atoms with E-state index in [4.69, 9.17) is 5.73 Å². The van der Waals surface area contributed by atoms with E-state index < -0.39 is 5.54 Å². The number of amidine groups is 1. The van der Waals surface area contributed by atoms with Crippen molar-refractivity contribution in [3.05, 3.63) is 44.8 Å². The zero-order chi connectivity index (χ0) is 16.4. The third kappa shape index (κ3) is 3.76. The normalized spacial score (nSPS) is 20.9. The third-order valence-corrected chi connectivity index (χ3v) is 6.09. The highest BCUT2D eigenvalue weighted by Gasteiger charge is 2.30. The quantitative estimate of drug-likeness (QED) is 0.805. The number of aromatic nitrogens is 1. The number of hydrogen-bond donors (Lipinski definition) is 2. The molecule has 120 valence electrons. The van der Waals surface area contributed by atoms with Crippen molar-refractivity contribution in [1.29, 1.82) is 0 Å². The van der Waals surface area contributed by atoms with Crippen molar-refractivity contribution in [2.45, 2.75) is 18.9 Å². The summed E-state index contributed by atoms with van der Waals surface area (Å²) >= 11 is 6.30. The summed E-state index contributed by atoms with van der Waals surface area (Å²) in [6.07, 6.45) is 4.30. The van der Waals surface area contributed by atoms with Gasteiger partial charge in [-0.05, 0) is 47.0 Å². The average molecular weight is 411 g/mol. The molecule has 1 atom stereocenters. The van der Waals surface area contributed by atoms with Gasteiger partial charge in [0.1, 0.15) is 0 Å². The fraction of sp³-hybridized carbons (Fsp3) is 0.267. The predicted molar refractivity (Wildman–Crippen MR) is 100 cm³/mol. The van der Waals surface area contributed by atoms with Crippen molar-refractivity contribution < 1.29 is 4.79 Å². The Balaban J connectivity index is 1.83. The summed E-state index contributed by atoms with van der Waals surface area (Å²) in [5.41, 5.74) is 7.08. The summed E-state index contributed by atoms with van der Waals surface area (Å²) < 4.78 is 0.900. The molecule has 0 unspecified atom stereocenters. The standard InChI is InChI=1S/C15H15BrN4OS2/c1-15(2-3-22-14(17)20-15)9-4-11(7-18-6-9)19-13(21)12-5-10(16)8-23-12/h4-8H,2-3H2,1H3,(H2,17,20)(H,19,21)/t15-/m0/s1. The molecule has 3 rings (SSSR count). The Bertz CT molecular complexity index is 776. The summed E-state index contributed by atoms with van der Waals surface area (Å²) in [7, 11) is 0. The number of hydrogen-bond acceptors (Lipinski definition) is 6. The fourth-order valence-electron chi connectivity index (χ4n) is 2.32. The zero-order valence-electron chi connectivity index (χ0n) is 12.4. The third-order valence-electron chi connectivity index (χ3n) is 3.61. The highest BCUT2D eigenvalue weighted by atomic mass is 79.9. The van der Waals surface area contributed by atoms with Crippen LogP contribution in [0.2, 0.25) is 0 Å². The van der Waals surface area contributed by atoms with Gasteiger partial charge in [-0.3, -0.25) is 14.8 Å². The van der Waals surface area contributed by atoms with E-state index in [1.165, 1.54) is 11.3 Å². The molecule has 1 aliphatic rings. The molecular weight excluding hydrogens is 396 g/mol. The highest BCUT2D eigenvalue weighted by molar-refractivity contribution is 9.10. The van der Waals surface area contributed by atoms with Gasteiger partial charge >= 0.3 is 0 Å². The van der Waals surface area contributed by atoms with Crippen molar-refractivity contribution in [1.82, 2.24) is 4.98 Å². The number of nitrogens with two attached hydrogens (primary N) is 1. The van der Waals surface area contributed by atoms with E-state index in [2.05, 4.69) is 31.2 Å². The minimum Gasteiger partial charge on any atom is -0.379 e. The molecule has 0 saturated heterocycles. The van der Waals surface area contributed by atoms with Gasteiger partial charge in [0.15, 0.2) is 5.17 Å². The molecular formula is C15H15BrN4OS2. The molecule has 0 bridgehead atoms. The van der Waals surface area contributed by atoms with Gasteiger partial charge < -0.3 is 11.1 Å². The number of rotatable bonds is 3. The van der Waals surface area contributed by atoms with Crippen molar-refractivity contribution >= 4 is 55.8 Å². The predicted octanol–water partition coefficient (Wildman–Crippen LogP) is 3.82. The summed E-state index contributed by atoms with van der Waals surface area (Å²) in [5, 5.41) is 5.35. The molecule has 1 aliphatic heterocycles. The Morgan fingerprint density at radius 3 is 2.96 bits per heavy atom. The number of carbonyl (C=O) groups excluding carboxylic acids is 1. The number of halogens is 1. The molecule has 0 fully saturated rings. The molecule has 2 aromatic rings. The zero-order valence-corrected chi connectivity index (χ0v) is 15.6. The van der Waals surface area contributed by atoms with E-state index in [0.29, 0.717) is 15.7 Å². The van der Waals surface area contributed by atoms with Crippen LogP contribution in [0.15, 0.2) is 39.4 Å².